The van der Waals surface area contributed by atoms with Crippen molar-refractivity contribution in [2.24, 2.45) is 0 Å². The number of alkyl halides is 1. The monoisotopic (exact) mass is 259 g/mol. The zero-order chi connectivity index (χ0) is 12.3. The smallest absolute Gasteiger partial charge is 0.155 e. The van der Waals surface area contributed by atoms with E-state index in [-0.39, 0.29) is 0 Å². The van der Waals surface area contributed by atoms with Crippen molar-refractivity contribution in [3.63, 3.8) is 0 Å². The van der Waals surface area contributed by atoms with E-state index in [1.54, 1.807) is 10.9 Å². The summed E-state index contributed by atoms with van der Waals surface area (Å²) >= 11 is 6.11. The van der Waals surface area contributed by atoms with E-state index in [0.717, 1.165) is 25.9 Å². The normalized spacial score (nSPS) is 25.8. The molecule has 1 saturated heterocycles. The van der Waals surface area contributed by atoms with Gasteiger partial charge in [-0.05, 0) is 38.8 Å². The lowest BCUT2D eigenvalue weighted by Gasteiger charge is -2.25. The second-order valence-corrected chi connectivity index (χ2v) is 5.04. The Morgan fingerprint density at radius 3 is 3.12 bits per heavy atom. The second-order valence-electron chi connectivity index (χ2n) is 4.63. The Kier molecular flexibility index (Phi) is 4.05. The maximum Gasteiger partial charge on any atom is 0.155 e. The second kappa shape index (κ2) is 5.36. The average Bonchev–Trinajstić information content (AvgIpc) is 2.53. The first-order valence-corrected chi connectivity index (χ1v) is 6.66. The number of hydrogen-bond acceptors (Lipinski definition) is 2. The van der Waals surface area contributed by atoms with Gasteiger partial charge in [-0.3, -0.25) is 4.68 Å². The molecule has 0 spiro atoms. The first kappa shape index (κ1) is 12.8. The highest BCUT2D eigenvalue weighted by Gasteiger charge is 2.37. The van der Waals surface area contributed by atoms with Crippen LogP contribution in [0.1, 0.15) is 38.3 Å². The van der Waals surface area contributed by atoms with E-state index in [1.165, 1.54) is 0 Å². The van der Waals surface area contributed by atoms with Crippen LogP contribution in [0.5, 0.6) is 0 Å². The van der Waals surface area contributed by atoms with Gasteiger partial charge in [0.25, 0.3) is 0 Å². The van der Waals surface area contributed by atoms with Gasteiger partial charge in [-0.1, -0.05) is 18.5 Å². The van der Waals surface area contributed by atoms with Crippen LogP contribution in [-0.2, 0) is 12.2 Å². The number of nitrogens with zero attached hydrogens (tertiary/aromatic N) is 2. The third kappa shape index (κ3) is 2.63. The molecule has 0 aromatic carbocycles. The van der Waals surface area contributed by atoms with Gasteiger partial charge in [-0.15, -0.1) is 0 Å². The number of hydrogen-bond donors (Lipinski definition) is 1. The van der Waals surface area contributed by atoms with Crippen molar-refractivity contribution in [2.45, 2.75) is 44.8 Å². The number of aromatic nitrogens is 2. The summed E-state index contributed by atoms with van der Waals surface area (Å²) < 4.78 is 16.8. The predicted octanol–water partition coefficient (Wildman–Crippen LogP) is 2.88. The Morgan fingerprint density at radius 2 is 2.35 bits per heavy atom. The SMILES string of the molecule is CCCn1ncc(Cl)c1C1(F)CCCNCC1. The molecular weight excluding hydrogens is 241 g/mol. The molecule has 96 valence electrons. The van der Waals surface area contributed by atoms with Gasteiger partial charge < -0.3 is 5.32 Å². The molecule has 0 amide bonds. The van der Waals surface area contributed by atoms with Gasteiger partial charge in [0.2, 0.25) is 0 Å². The van der Waals surface area contributed by atoms with E-state index < -0.39 is 5.67 Å². The molecule has 0 bridgehead atoms. The molecule has 1 aromatic rings. The standard InChI is InChI=1S/C12H19ClFN3/c1-2-8-17-11(10(13)9-16-17)12(14)4-3-6-15-7-5-12/h9,15H,2-8H2,1H3. The van der Waals surface area contributed by atoms with Crippen molar-refractivity contribution in [2.75, 3.05) is 13.1 Å². The molecule has 5 heteroatoms. The number of aryl methyl sites for hydroxylation is 1. The van der Waals surface area contributed by atoms with E-state index in [9.17, 15) is 0 Å². The lowest BCUT2D eigenvalue weighted by Crippen LogP contribution is -2.26. The highest BCUT2D eigenvalue weighted by Crippen LogP contribution is 2.39. The van der Waals surface area contributed by atoms with Crippen molar-refractivity contribution in [3.8, 4) is 0 Å². The zero-order valence-corrected chi connectivity index (χ0v) is 10.9. The zero-order valence-electron chi connectivity index (χ0n) is 10.2. The molecule has 1 N–H and O–H groups in total. The predicted molar refractivity (Wildman–Crippen MR) is 67.0 cm³/mol. The summed E-state index contributed by atoms with van der Waals surface area (Å²) in [4.78, 5) is 0. The Hall–Kier alpha value is -0.610. The molecule has 1 fully saturated rings. The third-order valence-corrected chi connectivity index (χ3v) is 3.56. The minimum atomic E-state index is -1.33. The molecule has 1 unspecified atom stereocenters. The first-order valence-electron chi connectivity index (χ1n) is 6.29. The molecule has 1 aliphatic heterocycles. The van der Waals surface area contributed by atoms with Crippen LogP contribution in [0.4, 0.5) is 4.39 Å². The summed E-state index contributed by atoms with van der Waals surface area (Å²) in [6, 6.07) is 0. The molecule has 0 saturated carbocycles. The minimum absolute atomic E-state index is 0.461. The minimum Gasteiger partial charge on any atom is -0.317 e. The van der Waals surface area contributed by atoms with Crippen LogP contribution >= 0.6 is 11.6 Å². The molecule has 0 aliphatic carbocycles. The van der Waals surface area contributed by atoms with Crippen LogP contribution < -0.4 is 5.32 Å². The summed E-state index contributed by atoms with van der Waals surface area (Å²) in [6.07, 6.45) is 4.33. The Labute approximate surface area is 106 Å². The maximum absolute atomic E-state index is 15.1. The summed E-state index contributed by atoms with van der Waals surface area (Å²) in [5.74, 6) is 0. The van der Waals surface area contributed by atoms with E-state index in [4.69, 9.17) is 11.6 Å². The average molecular weight is 260 g/mol. The largest absolute Gasteiger partial charge is 0.317 e. The van der Waals surface area contributed by atoms with Gasteiger partial charge in [0, 0.05) is 6.54 Å². The van der Waals surface area contributed by atoms with Gasteiger partial charge >= 0.3 is 0 Å². The molecular formula is C12H19ClFN3. The Balaban J connectivity index is 2.32. The van der Waals surface area contributed by atoms with E-state index in [2.05, 4.69) is 17.3 Å². The van der Waals surface area contributed by atoms with Crippen LogP contribution in [0.3, 0.4) is 0 Å². The number of halogens is 2. The van der Waals surface area contributed by atoms with E-state index >= 15 is 4.39 Å². The Morgan fingerprint density at radius 1 is 1.53 bits per heavy atom. The van der Waals surface area contributed by atoms with Crippen molar-refractivity contribution in [3.05, 3.63) is 16.9 Å². The third-order valence-electron chi connectivity index (χ3n) is 3.28. The van der Waals surface area contributed by atoms with E-state index in [0.29, 0.717) is 30.1 Å². The lowest BCUT2D eigenvalue weighted by atomic mass is 9.93. The maximum atomic E-state index is 15.1. The molecule has 0 radical (unpaired) electrons. The van der Waals surface area contributed by atoms with Crippen LogP contribution in [0, 0.1) is 0 Å². The van der Waals surface area contributed by atoms with E-state index in [1.807, 2.05) is 0 Å². The van der Waals surface area contributed by atoms with Crippen LogP contribution in [0.2, 0.25) is 5.02 Å². The first-order chi connectivity index (χ1) is 8.17. The van der Waals surface area contributed by atoms with Crippen molar-refractivity contribution >= 4 is 11.6 Å². The van der Waals surface area contributed by atoms with Crippen LogP contribution in [0.25, 0.3) is 0 Å². The Bertz CT molecular complexity index is 370. The molecule has 1 aliphatic rings. The molecule has 17 heavy (non-hydrogen) atoms. The summed E-state index contributed by atoms with van der Waals surface area (Å²) in [6.45, 7) is 4.36. The van der Waals surface area contributed by atoms with Crippen molar-refractivity contribution in [1.82, 2.24) is 15.1 Å². The van der Waals surface area contributed by atoms with Crippen LogP contribution in [-0.4, -0.2) is 22.9 Å². The number of nitrogens with one attached hydrogen (secondary N) is 1. The van der Waals surface area contributed by atoms with Gasteiger partial charge in [-0.25, -0.2) is 4.39 Å². The highest BCUT2D eigenvalue weighted by atomic mass is 35.5. The van der Waals surface area contributed by atoms with Gasteiger partial charge in [0.15, 0.2) is 5.67 Å². The summed E-state index contributed by atoms with van der Waals surface area (Å²) in [5.41, 5.74) is -0.753. The number of rotatable bonds is 3. The van der Waals surface area contributed by atoms with Gasteiger partial charge in [0.05, 0.1) is 16.9 Å². The fourth-order valence-electron chi connectivity index (χ4n) is 2.46. The summed E-state index contributed by atoms with van der Waals surface area (Å²) in [7, 11) is 0. The molecule has 2 rings (SSSR count). The quantitative estimate of drug-likeness (QED) is 0.905. The van der Waals surface area contributed by atoms with Gasteiger partial charge in [0.1, 0.15) is 0 Å². The fourth-order valence-corrected chi connectivity index (χ4v) is 2.77. The summed E-state index contributed by atoms with van der Waals surface area (Å²) in [5, 5.41) is 7.86. The van der Waals surface area contributed by atoms with Crippen LogP contribution in [0.15, 0.2) is 6.20 Å². The highest BCUT2D eigenvalue weighted by molar-refractivity contribution is 6.31. The van der Waals surface area contributed by atoms with Gasteiger partial charge in [-0.2, -0.15) is 5.10 Å². The molecule has 2 heterocycles. The fraction of sp³-hybridized carbons (Fsp3) is 0.750. The molecule has 1 atom stereocenters. The molecule has 3 nitrogen and oxygen atoms in total. The molecule has 1 aromatic heterocycles. The topological polar surface area (TPSA) is 29.9 Å². The lowest BCUT2D eigenvalue weighted by molar-refractivity contribution is 0.131. The van der Waals surface area contributed by atoms with Crippen molar-refractivity contribution in [1.29, 1.82) is 0 Å². The van der Waals surface area contributed by atoms with Crippen molar-refractivity contribution < 1.29 is 4.39 Å².